The zero-order chi connectivity index (χ0) is 12.6. The third-order valence-electron chi connectivity index (χ3n) is 2.75. The molecule has 90 valence electrons. The Labute approximate surface area is 95.0 Å². The van der Waals surface area contributed by atoms with Gasteiger partial charge in [-0.15, -0.1) is 0 Å². The molecule has 2 unspecified atom stereocenters. The summed E-state index contributed by atoms with van der Waals surface area (Å²) in [6.07, 6.45) is -1.35. The zero-order valence-corrected chi connectivity index (χ0v) is 8.85. The van der Waals surface area contributed by atoms with Crippen LogP contribution in [0.15, 0.2) is 24.5 Å². The van der Waals surface area contributed by atoms with Gasteiger partial charge in [-0.2, -0.15) is 0 Å². The van der Waals surface area contributed by atoms with Gasteiger partial charge < -0.3 is 24.8 Å². The Morgan fingerprint density at radius 2 is 1.88 bits per heavy atom. The normalized spacial score (nSPS) is 53.2. The Bertz CT molecular complexity index is 345. The average Bonchev–Trinajstić information content (AvgIpc) is 2.35. The lowest BCUT2D eigenvalue weighted by molar-refractivity contribution is -0.233. The largest absolute Gasteiger partial charge is 0.491 e. The van der Waals surface area contributed by atoms with Gasteiger partial charge in [-0.05, 0) is 19.1 Å². The van der Waals surface area contributed by atoms with Gasteiger partial charge in [0.1, 0.15) is 30.5 Å². The maximum Gasteiger partial charge on any atom is 0.145 e. The molecule has 2 aliphatic heterocycles. The fourth-order valence-corrected chi connectivity index (χ4v) is 1.77. The zero-order valence-electron chi connectivity index (χ0n) is 9.85. The van der Waals surface area contributed by atoms with Gasteiger partial charge >= 0.3 is 0 Å². The van der Waals surface area contributed by atoms with Gasteiger partial charge in [0.05, 0.1) is 13.7 Å². The van der Waals surface area contributed by atoms with E-state index in [2.05, 4.69) is 0 Å². The van der Waals surface area contributed by atoms with Crippen LogP contribution in [0, 0.1) is 0 Å². The minimum atomic E-state index is -1.83. The van der Waals surface area contributed by atoms with Crippen molar-refractivity contribution < 1.29 is 26.2 Å². The summed E-state index contributed by atoms with van der Waals surface area (Å²) in [6, 6.07) is 0. The topological polar surface area (TPSA) is 79.2 Å². The predicted molar refractivity (Wildman–Crippen MR) is 55.5 cm³/mol. The Hall–Kier alpha value is -0.880. The van der Waals surface area contributed by atoms with E-state index in [0.29, 0.717) is 0 Å². The van der Waals surface area contributed by atoms with Gasteiger partial charge in [0.2, 0.25) is 0 Å². The smallest absolute Gasteiger partial charge is 0.145 e. The highest BCUT2D eigenvalue weighted by atomic mass is 16.6. The van der Waals surface area contributed by atoms with Crippen molar-refractivity contribution in [2.75, 3.05) is 0 Å². The van der Waals surface area contributed by atoms with E-state index >= 15 is 0 Å². The van der Waals surface area contributed by atoms with Gasteiger partial charge in [-0.3, -0.25) is 0 Å². The highest BCUT2D eigenvalue weighted by molar-refractivity contribution is 5.11. The van der Waals surface area contributed by atoms with Crippen molar-refractivity contribution in [3.63, 3.8) is 0 Å². The van der Waals surface area contributed by atoms with Crippen molar-refractivity contribution in [3.05, 3.63) is 24.5 Å². The molecular weight excluding hydrogens is 212 g/mol. The van der Waals surface area contributed by atoms with Gasteiger partial charge in [-0.25, -0.2) is 0 Å². The molecule has 5 heteroatoms. The van der Waals surface area contributed by atoms with Crippen LogP contribution < -0.4 is 0 Å². The van der Waals surface area contributed by atoms with E-state index in [1.807, 2.05) is 0 Å². The molecule has 2 aliphatic rings. The first-order valence-corrected chi connectivity index (χ1v) is 5.17. The fourth-order valence-electron chi connectivity index (χ4n) is 1.77. The maximum absolute atomic E-state index is 9.88. The molecule has 1 saturated heterocycles. The van der Waals surface area contributed by atoms with E-state index in [4.69, 9.17) is 10.8 Å². The first-order chi connectivity index (χ1) is 7.97. The van der Waals surface area contributed by atoms with E-state index in [1.54, 1.807) is 18.2 Å². The van der Waals surface area contributed by atoms with Crippen LogP contribution in [0.2, 0.25) is 0 Å². The van der Waals surface area contributed by atoms with E-state index in [1.165, 1.54) is 13.2 Å². The Morgan fingerprint density at radius 3 is 2.50 bits per heavy atom. The van der Waals surface area contributed by atoms with Crippen LogP contribution in [0.5, 0.6) is 0 Å². The summed E-state index contributed by atoms with van der Waals surface area (Å²) in [5.74, 6) is 0. The molecule has 3 N–H and O–H groups in total. The molecule has 0 spiro atoms. The second-order valence-corrected chi connectivity index (χ2v) is 3.92. The summed E-state index contributed by atoms with van der Waals surface area (Å²) in [4.78, 5) is 0. The van der Waals surface area contributed by atoms with Crippen molar-refractivity contribution >= 4 is 0 Å². The Balaban J connectivity index is 2.23. The van der Waals surface area contributed by atoms with Crippen LogP contribution in [0.25, 0.3) is 0 Å². The predicted octanol–water partition coefficient (Wildman–Crippen LogP) is -0.675. The number of aliphatic hydroxyl groups excluding tert-OH is 3. The van der Waals surface area contributed by atoms with E-state index < -0.39 is 36.6 Å². The Morgan fingerprint density at radius 1 is 1.12 bits per heavy atom. The monoisotopic (exact) mass is 229 g/mol. The molecule has 0 amide bonds. The molecule has 6 atom stereocenters. The Kier molecular flexibility index (Phi) is 2.92. The fraction of sp³-hybridized carbons (Fsp3) is 0.636. The molecule has 1 fully saturated rings. The minimum absolute atomic E-state index is 0.756. The summed E-state index contributed by atoms with van der Waals surface area (Å²) < 4.78 is 18.6. The molecule has 2 rings (SSSR count). The van der Waals surface area contributed by atoms with Gasteiger partial charge in [0, 0.05) is 0 Å². The molecule has 5 nitrogen and oxygen atoms in total. The SMILES string of the molecule is [2H]C1(C2C=CC=CO2)O[C@@H](C)[C@H](O)[C@@H](O)[C@H]1O. The van der Waals surface area contributed by atoms with E-state index in [9.17, 15) is 15.3 Å². The molecule has 0 aromatic rings. The van der Waals surface area contributed by atoms with Crippen molar-refractivity contribution in [1.29, 1.82) is 0 Å². The number of rotatable bonds is 1. The molecular formula is C11H16O5. The highest BCUT2D eigenvalue weighted by Gasteiger charge is 2.45. The van der Waals surface area contributed by atoms with Crippen molar-refractivity contribution in [1.82, 2.24) is 0 Å². The second-order valence-electron chi connectivity index (χ2n) is 3.92. The molecule has 0 aromatic heterocycles. The third-order valence-corrected chi connectivity index (χ3v) is 2.75. The summed E-state index contributed by atoms with van der Waals surface area (Å²) in [5, 5.41) is 29.1. The van der Waals surface area contributed by atoms with Crippen LogP contribution in [0.1, 0.15) is 8.29 Å². The average molecular weight is 229 g/mol. The highest BCUT2D eigenvalue weighted by Crippen LogP contribution is 2.25. The summed E-state index contributed by atoms with van der Waals surface area (Å²) in [7, 11) is 0. The summed E-state index contributed by atoms with van der Waals surface area (Å²) in [6.45, 7) is 1.53. The van der Waals surface area contributed by atoms with Crippen LogP contribution >= 0.6 is 0 Å². The lowest BCUT2D eigenvalue weighted by Gasteiger charge is -2.41. The molecule has 0 aromatic carbocycles. The van der Waals surface area contributed by atoms with Crippen molar-refractivity contribution in [3.8, 4) is 0 Å². The number of hydrogen-bond acceptors (Lipinski definition) is 5. The lowest BCUT2D eigenvalue weighted by Crippen LogP contribution is -2.59. The minimum Gasteiger partial charge on any atom is -0.491 e. The molecule has 2 heterocycles. The number of ether oxygens (including phenoxy) is 2. The molecule has 0 saturated carbocycles. The van der Waals surface area contributed by atoms with E-state index in [0.717, 1.165) is 0 Å². The number of allylic oxidation sites excluding steroid dienone is 2. The van der Waals surface area contributed by atoms with Gasteiger partial charge in [-0.1, -0.05) is 6.08 Å². The van der Waals surface area contributed by atoms with Crippen molar-refractivity contribution in [2.45, 2.75) is 43.5 Å². The van der Waals surface area contributed by atoms with E-state index in [-0.39, 0.29) is 0 Å². The maximum atomic E-state index is 9.88. The molecule has 16 heavy (non-hydrogen) atoms. The summed E-state index contributed by atoms with van der Waals surface area (Å²) >= 11 is 0. The van der Waals surface area contributed by atoms with Crippen LogP contribution in [-0.4, -0.2) is 51.9 Å². The van der Waals surface area contributed by atoms with Gasteiger partial charge in [0.15, 0.2) is 0 Å². The molecule has 0 aliphatic carbocycles. The quantitative estimate of drug-likeness (QED) is 0.555. The van der Waals surface area contributed by atoms with Crippen LogP contribution in [-0.2, 0) is 9.47 Å². The molecule has 0 bridgehead atoms. The summed E-state index contributed by atoms with van der Waals surface area (Å²) in [5.41, 5.74) is 0. The standard InChI is InChI=1S/C11H16O5/c1-6-8(12)9(13)10(14)11(16-6)7-4-2-3-5-15-7/h2-14H,1H3/t6-,7?,8-,9+,10+,11?/m0/s1/i11D. The second kappa shape index (κ2) is 4.55. The van der Waals surface area contributed by atoms with Crippen LogP contribution in [0.4, 0.5) is 0 Å². The third kappa shape index (κ3) is 1.99. The van der Waals surface area contributed by atoms with Crippen LogP contribution in [0.3, 0.4) is 0 Å². The van der Waals surface area contributed by atoms with Gasteiger partial charge in [0.25, 0.3) is 0 Å². The number of hydrogen-bond donors (Lipinski definition) is 3. The lowest BCUT2D eigenvalue weighted by atomic mass is 9.92. The first kappa shape index (κ1) is 10.3. The number of aliphatic hydroxyl groups is 3. The first-order valence-electron chi connectivity index (χ1n) is 5.67. The van der Waals surface area contributed by atoms with Crippen molar-refractivity contribution in [2.24, 2.45) is 0 Å². The molecule has 0 radical (unpaired) electrons.